The topological polar surface area (TPSA) is 117 Å². The summed E-state index contributed by atoms with van der Waals surface area (Å²) in [5, 5.41) is 13.8. The highest BCUT2D eigenvalue weighted by Crippen LogP contribution is 2.06. The molecule has 0 spiro atoms. The van der Waals surface area contributed by atoms with Gasteiger partial charge in [0.15, 0.2) is 5.65 Å². The van der Waals surface area contributed by atoms with Crippen molar-refractivity contribution in [3.8, 4) is 0 Å². The van der Waals surface area contributed by atoms with Crippen LogP contribution in [-0.2, 0) is 4.79 Å². The lowest BCUT2D eigenvalue weighted by molar-refractivity contribution is -0.137. The summed E-state index contributed by atoms with van der Waals surface area (Å²) in [6.07, 6.45) is 1.73. The second kappa shape index (κ2) is 5.55. The van der Waals surface area contributed by atoms with Gasteiger partial charge in [-0.05, 0) is 13.3 Å². The molecule has 8 heteroatoms. The van der Waals surface area contributed by atoms with Crippen molar-refractivity contribution in [2.75, 3.05) is 6.54 Å². The molecular formula is C12H14N4O4. The summed E-state index contributed by atoms with van der Waals surface area (Å²) < 4.78 is 1.18. The second-order valence-corrected chi connectivity index (χ2v) is 4.34. The Morgan fingerprint density at radius 2 is 2.25 bits per heavy atom. The van der Waals surface area contributed by atoms with Crippen LogP contribution in [0.3, 0.4) is 0 Å². The number of carbonyl (C=O) groups is 2. The smallest absolute Gasteiger partial charge is 0.303 e. The van der Waals surface area contributed by atoms with Gasteiger partial charge in [0.25, 0.3) is 11.5 Å². The largest absolute Gasteiger partial charge is 0.481 e. The van der Waals surface area contributed by atoms with E-state index in [0.717, 1.165) is 0 Å². The van der Waals surface area contributed by atoms with E-state index in [9.17, 15) is 14.4 Å². The van der Waals surface area contributed by atoms with Crippen molar-refractivity contribution in [1.82, 2.24) is 19.9 Å². The molecule has 0 aromatic carbocycles. The number of carboxylic acids is 1. The number of fused-ring (bicyclic) bond motifs is 1. The van der Waals surface area contributed by atoms with E-state index in [1.54, 1.807) is 6.92 Å². The van der Waals surface area contributed by atoms with Crippen LogP contribution >= 0.6 is 0 Å². The SMILES string of the molecule is Cc1cc(=O)n2[nH]cc(C(=O)NCCCC(=O)O)c2n1. The van der Waals surface area contributed by atoms with Crippen molar-refractivity contribution in [3.63, 3.8) is 0 Å². The standard InChI is InChI=1S/C12H14N4O4/c1-7-5-9(17)16-11(15-7)8(6-14-16)12(20)13-4-2-3-10(18)19/h5-6,14H,2-4H2,1H3,(H,13,20)(H,18,19). The van der Waals surface area contributed by atoms with Crippen molar-refractivity contribution in [3.05, 3.63) is 33.9 Å². The third-order valence-corrected chi connectivity index (χ3v) is 2.72. The van der Waals surface area contributed by atoms with Gasteiger partial charge < -0.3 is 10.4 Å². The lowest BCUT2D eigenvalue weighted by atomic mass is 10.2. The van der Waals surface area contributed by atoms with E-state index >= 15 is 0 Å². The summed E-state index contributed by atoms with van der Waals surface area (Å²) in [7, 11) is 0. The Hall–Kier alpha value is -2.64. The molecule has 0 saturated heterocycles. The van der Waals surface area contributed by atoms with E-state index in [-0.39, 0.29) is 29.7 Å². The molecule has 0 unspecified atom stereocenters. The maximum atomic E-state index is 12.0. The molecule has 106 valence electrons. The average Bonchev–Trinajstić information content (AvgIpc) is 2.78. The molecule has 0 radical (unpaired) electrons. The lowest BCUT2D eigenvalue weighted by Crippen LogP contribution is -2.25. The predicted octanol–water partition coefficient (Wildman–Crippen LogP) is -0.0744. The van der Waals surface area contributed by atoms with Gasteiger partial charge in [-0.3, -0.25) is 19.5 Å². The molecule has 0 bridgehead atoms. The van der Waals surface area contributed by atoms with Gasteiger partial charge in [-0.2, -0.15) is 0 Å². The highest BCUT2D eigenvalue weighted by atomic mass is 16.4. The van der Waals surface area contributed by atoms with Crippen LogP contribution in [0.1, 0.15) is 28.9 Å². The predicted molar refractivity (Wildman–Crippen MR) is 69.8 cm³/mol. The molecular weight excluding hydrogens is 264 g/mol. The van der Waals surface area contributed by atoms with Crippen LogP contribution in [0.2, 0.25) is 0 Å². The van der Waals surface area contributed by atoms with Gasteiger partial charge in [-0.1, -0.05) is 0 Å². The number of aryl methyl sites for hydroxylation is 1. The Bertz CT molecular complexity index is 716. The molecule has 0 fully saturated rings. The highest BCUT2D eigenvalue weighted by Gasteiger charge is 2.14. The number of nitrogens with one attached hydrogen (secondary N) is 2. The maximum absolute atomic E-state index is 12.0. The number of hydrogen-bond acceptors (Lipinski definition) is 4. The number of aliphatic carboxylic acids is 1. The molecule has 0 atom stereocenters. The first kappa shape index (κ1) is 13.8. The summed E-state index contributed by atoms with van der Waals surface area (Å²) in [6, 6.07) is 1.36. The number of carboxylic acid groups (broad SMARTS) is 1. The number of H-pyrrole nitrogens is 1. The molecule has 20 heavy (non-hydrogen) atoms. The molecule has 1 amide bonds. The number of aromatic amines is 1. The number of rotatable bonds is 5. The highest BCUT2D eigenvalue weighted by molar-refractivity contribution is 5.99. The molecule has 0 aliphatic rings. The minimum Gasteiger partial charge on any atom is -0.481 e. The van der Waals surface area contributed by atoms with Crippen molar-refractivity contribution >= 4 is 17.5 Å². The Balaban J connectivity index is 2.15. The van der Waals surface area contributed by atoms with Crippen molar-refractivity contribution in [2.24, 2.45) is 0 Å². The molecule has 0 aliphatic heterocycles. The zero-order valence-electron chi connectivity index (χ0n) is 10.8. The van der Waals surface area contributed by atoms with Gasteiger partial charge >= 0.3 is 5.97 Å². The molecule has 8 nitrogen and oxygen atoms in total. The van der Waals surface area contributed by atoms with Gasteiger partial charge in [0.05, 0.1) is 0 Å². The van der Waals surface area contributed by atoms with Crippen molar-refractivity contribution in [2.45, 2.75) is 19.8 Å². The van der Waals surface area contributed by atoms with E-state index in [4.69, 9.17) is 5.11 Å². The monoisotopic (exact) mass is 278 g/mol. The first-order valence-corrected chi connectivity index (χ1v) is 6.07. The fourth-order valence-corrected chi connectivity index (χ4v) is 1.80. The normalized spacial score (nSPS) is 10.7. The van der Waals surface area contributed by atoms with Crippen LogP contribution in [0, 0.1) is 6.92 Å². The minimum atomic E-state index is -0.907. The first-order valence-electron chi connectivity index (χ1n) is 6.07. The molecule has 2 aromatic heterocycles. The Labute approximate surface area is 113 Å². The van der Waals surface area contributed by atoms with E-state index in [1.165, 1.54) is 16.8 Å². The summed E-state index contributed by atoms with van der Waals surface area (Å²) >= 11 is 0. The Morgan fingerprint density at radius 3 is 2.95 bits per heavy atom. The Morgan fingerprint density at radius 1 is 1.50 bits per heavy atom. The van der Waals surface area contributed by atoms with Crippen molar-refractivity contribution < 1.29 is 14.7 Å². The van der Waals surface area contributed by atoms with Crippen LogP contribution in [0.5, 0.6) is 0 Å². The molecule has 2 rings (SSSR count). The molecule has 3 N–H and O–H groups in total. The number of hydrogen-bond donors (Lipinski definition) is 3. The fraction of sp³-hybridized carbons (Fsp3) is 0.333. The number of nitrogens with zero attached hydrogens (tertiary/aromatic N) is 2. The van der Waals surface area contributed by atoms with Crippen LogP contribution in [0.4, 0.5) is 0 Å². The zero-order chi connectivity index (χ0) is 14.7. The summed E-state index contributed by atoms with van der Waals surface area (Å²) in [5.74, 6) is -1.30. The second-order valence-electron chi connectivity index (χ2n) is 4.34. The van der Waals surface area contributed by atoms with Crippen LogP contribution < -0.4 is 10.9 Å². The Kier molecular flexibility index (Phi) is 3.83. The minimum absolute atomic E-state index is 0.00895. The summed E-state index contributed by atoms with van der Waals surface area (Å²) in [6.45, 7) is 1.92. The fourth-order valence-electron chi connectivity index (χ4n) is 1.80. The van der Waals surface area contributed by atoms with E-state index in [1.807, 2.05) is 0 Å². The first-order chi connectivity index (χ1) is 9.49. The van der Waals surface area contributed by atoms with Crippen LogP contribution in [0.15, 0.2) is 17.1 Å². The van der Waals surface area contributed by atoms with E-state index in [2.05, 4.69) is 15.4 Å². The molecule has 2 heterocycles. The third-order valence-electron chi connectivity index (χ3n) is 2.72. The van der Waals surface area contributed by atoms with E-state index in [0.29, 0.717) is 12.1 Å². The van der Waals surface area contributed by atoms with Gasteiger partial charge in [0.1, 0.15) is 5.56 Å². The maximum Gasteiger partial charge on any atom is 0.303 e. The summed E-state index contributed by atoms with van der Waals surface area (Å²) in [4.78, 5) is 38.1. The quantitative estimate of drug-likeness (QED) is 0.662. The van der Waals surface area contributed by atoms with Gasteiger partial charge in [-0.25, -0.2) is 9.50 Å². The number of carbonyl (C=O) groups excluding carboxylic acids is 1. The van der Waals surface area contributed by atoms with Crippen LogP contribution in [0.25, 0.3) is 5.65 Å². The van der Waals surface area contributed by atoms with Gasteiger partial charge in [-0.15, -0.1) is 0 Å². The summed E-state index contributed by atoms with van der Waals surface area (Å²) in [5.41, 5.74) is 0.735. The average molecular weight is 278 g/mol. The number of amides is 1. The number of aromatic nitrogens is 3. The third kappa shape index (κ3) is 2.85. The molecule has 2 aromatic rings. The zero-order valence-corrected chi connectivity index (χ0v) is 10.8. The van der Waals surface area contributed by atoms with Gasteiger partial charge in [0.2, 0.25) is 0 Å². The van der Waals surface area contributed by atoms with E-state index < -0.39 is 11.9 Å². The van der Waals surface area contributed by atoms with Crippen molar-refractivity contribution in [1.29, 1.82) is 0 Å². The van der Waals surface area contributed by atoms with Crippen LogP contribution in [-0.4, -0.2) is 38.1 Å². The lowest BCUT2D eigenvalue weighted by Gasteiger charge is -2.02. The molecule has 0 saturated carbocycles. The molecule has 0 aliphatic carbocycles. The van der Waals surface area contributed by atoms with Gasteiger partial charge in [0, 0.05) is 30.9 Å².